The summed E-state index contributed by atoms with van der Waals surface area (Å²) in [5.41, 5.74) is -1.60. The van der Waals surface area contributed by atoms with Gasteiger partial charge < -0.3 is 10.2 Å². The van der Waals surface area contributed by atoms with Crippen molar-refractivity contribution < 1.29 is 27.7 Å². The number of imide groups is 1. The molecule has 1 atom stereocenters. The van der Waals surface area contributed by atoms with Crippen molar-refractivity contribution in [3.05, 3.63) is 33.9 Å². The molecule has 1 aromatic rings. The van der Waals surface area contributed by atoms with Gasteiger partial charge in [0.15, 0.2) is 0 Å². The number of carbonyl (C=O) groups is 2. The van der Waals surface area contributed by atoms with E-state index in [0.29, 0.717) is 25.7 Å². The summed E-state index contributed by atoms with van der Waals surface area (Å²) in [4.78, 5) is 38.0. The summed E-state index contributed by atoms with van der Waals surface area (Å²) in [6.07, 6.45) is -4.67. The summed E-state index contributed by atoms with van der Waals surface area (Å²) in [6, 6.07) is 1.26. The van der Waals surface area contributed by atoms with Gasteiger partial charge in [0, 0.05) is 38.8 Å². The van der Waals surface area contributed by atoms with Crippen molar-refractivity contribution in [2.45, 2.75) is 33.0 Å². The average molecular weight is 445 g/mol. The van der Waals surface area contributed by atoms with E-state index in [9.17, 15) is 32.9 Å². The number of benzene rings is 1. The van der Waals surface area contributed by atoms with Gasteiger partial charge in [-0.3, -0.25) is 25.1 Å². The molecule has 1 aromatic carbocycles. The first kappa shape index (κ1) is 24.4. The van der Waals surface area contributed by atoms with Crippen molar-refractivity contribution in [3.8, 4) is 0 Å². The highest BCUT2D eigenvalue weighted by Crippen LogP contribution is 2.36. The number of piperazine rings is 1. The van der Waals surface area contributed by atoms with Gasteiger partial charge in [-0.05, 0) is 25.0 Å². The topological polar surface area (TPSA) is 108 Å². The monoisotopic (exact) mass is 445 g/mol. The summed E-state index contributed by atoms with van der Waals surface area (Å²) < 4.78 is 38.7. The maximum atomic E-state index is 12.9. The maximum Gasteiger partial charge on any atom is 0.416 e. The first-order chi connectivity index (χ1) is 14.4. The van der Waals surface area contributed by atoms with E-state index in [4.69, 9.17) is 0 Å². The molecule has 1 heterocycles. The van der Waals surface area contributed by atoms with Crippen LogP contribution in [0.15, 0.2) is 18.2 Å². The van der Waals surface area contributed by atoms with E-state index in [-0.39, 0.29) is 24.7 Å². The smallest absolute Gasteiger partial charge is 0.363 e. The zero-order valence-corrected chi connectivity index (χ0v) is 17.5. The SMILES string of the molecule is CC(C)CNC(=O)NC(=O)[C@H](C)N1CCN(c2ccc(C(F)(F)F)cc2[N+](=O)[O-])CC1. The lowest BCUT2D eigenvalue weighted by Gasteiger charge is -2.38. The standard InChI is InChI=1S/C19H26F3N5O4/c1-12(2)11-23-18(29)24-17(28)13(3)25-6-8-26(9-7-25)15-5-4-14(19(20,21)22)10-16(15)27(30)31/h4-5,10,12-13H,6-9,11H2,1-3H3,(H2,23,24,28,29)/t13-/m0/s1. The second-order valence-electron chi connectivity index (χ2n) is 7.75. The Morgan fingerprint density at radius 2 is 1.77 bits per heavy atom. The Kier molecular flexibility index (Phi) is 7.82. The molecule has 172 valence electrons. The van der Waals surface area contributed by atoms with Crippen LogP contribution in [0.1, 0.15) is 26.3 Å². The number of urea groups is 1. The zero-order valence-electron chi connectivity index (χ0n) is 17.5. The lowest BCUT2D eigenvalue weighted by molar-refractivity contribution is -0.384. The molecule has 12 heteroatoms. The number of halogens is 3. The Balaban J connectivity index is 2.00. The number of alkyl halides is 3. The fourth-order valence-electron chi connectivity index (χ4n) is 3.19. The Morgan fingerprint density at radius 3 is 2.29 bits per heavy atom. The van der Waals surface area contributed by atoms with Crippen LogP contribution in [-0.4, -0.2) is 60.5 Å². The van der Waals surface area contributed by atoms with E-state index >= 15 is 0 Å². The molecule has 0 spiro atoms. The van der Waals surface area contributed by atoms with Crippen LogP contribution in [0.5, 0.6) is 0 Å². The van der Waals surface area contributed by atoms with E-state index in [1.807, 2.05) is 13.8 Å². The van der Waals surface area contributed by atoms with Crippen molar-refractivity contribution in [3.63, 3.8) is 0 Å². The number of hydrogen-bond donors (Lipinski definition) is 2. The molecule has 1 saturated heterocycles. The van der Waals surface area contributed by atoms with Crippen molar-refractivity contribution in [1.29, 1.82) is 0 Å². The van der Waals surface area contributed by atoms with Crippen LogP contribution in [-0.2, 0) is 11.0 Å². The molecule has 9 nitrogen and oxygen atoms in total. The van der Waals surface area contributed by atoms with Crippen molar-refractivity contribution in [1.82, 2.24) is 15.5 Å². The highest BCUT2D eigenvalue weighted by atomic mass is 19.4. The lowest BCUT2D eigenvalue weighted by atomic mass is 10.1. The molecule has 2 N–H and O–H groups in total. The maximum absolute atomic E-state index is 12.9. The molecule has 0 aromatic heterocycles. The molecule has 1 aliphatic rings. The third-order valence-electron chi connectivity index (χ3n) is 4.99. The molecule has 1 aliphatic heterocycles. The minimum absolute atomic E-state index is 0.0998. The fourth-order valence-corrected chi connectivity index (χ4v) is 3.19. The van der Waals surface area contributed by atoms with Crippen molar-refractivity contribution >= 4 is 23.3 Å². The number of anilines is 1. The number of rotatable bonds is 6. The summed E-state index contributed by atoms with van der Waals surface area (Å²) in [6.45, 7) is 7.17. The van der Waals surface area contributed by atoms with Crippen LogP contribution in [0, 0.1) is 16.0 Å². The molecule has 0 unspecified atom stereocenters. The van der Waals surface area contributed by atoms with Gasteiger partial charge in [0.2, 0.25) is 5.91 Å². The molecule has 0 radical (unpaired) electrons. The largest absolute Gasteiger partial charge is 0.416 e. The van der Waals surface area contributed by atoms with E-state index < -0.39 is 40.3 Å². The van der Waals surface area contributed by atoms with E-state index in [1.165, 1.54) is 0 Å². The first-order valence-corrected chi connectivity index (χ1v) is 9.83. The minimum atomic E-state index is -4.67. The number of nitro benzene ring substituents is 1. The molecule has 0 bridgehead atoms. The lowest BCUT2D eigenvalue weighted by Crippen LogP contribution is -2.55. The van der Waals surface area contributed by atoms with Gasteiger partial charge >= 0.3 is 12.2 Å². The van der Waals surface area contributed by atoms with Gasteiger partial charge in [-0.15, -0.1) is 0 Å². The van der Waals surface area contributed by atoms with Gasteiger partial charge in [0.25, 0.3) is 5.69 Å². The second-order valence-corrected chi connectivity index (χ2v) is 7.75. The molecule has 0 aliphatic carbocycles. The normalized spacial score (nSPS) is 16.2. The predicted molar refractivity (Wildman–Crippen MR) is 108 cm³/mol. The molecule has 1 fully saturated rings. The van der Waals surface area contributed by atoms with Gasteiger partial charge in [-0.2, -0.15) is 13.2 Å². The Hall–Kier alpha value is -2.89. The number of carbonyl (C=O) groups excluding carboxylic acids is 2. The molecule has 31 heavy (non-hydrogen) atoms. The van der Waals surface area contributed by atoms with Crippen LogP contribution in [0.2, 0.25) is 0 Å². The zero-order chi connectivity index (χ0) is 23.3. The molecule has 2 rings (SSSR count). The Morgan fingerprint density at radius 1 is 1.16 bits per heavy atom. The average Bonchev–Trinajstić information content (AvgIpc) is 2.70. The number of nitro groups is 1. The molecule has 0 saturated carbocycles. The second kappa shape index (κ2) is 9.94. The van der Waals surface area contributed by atoms with Crippen molar-refractivity contribution in [2.75, 3.05) is 37.6 Å². The van der Waals surface area contributed by atoms with Crippen LogP contribution in [0.3, 0.4) is 0 Å². The predicted octanol–water partition coefficient (Wildman–Crippen LogP) is 2.61. The van der Waals surface area contributed by atoms with Crippen LogP contribution in [0.25, 0.3) is 0 Å². The first-order valence-electron chi connectivity index (χ1n) is 9.83. The summed E-state index contributed by atoms with van der Waals surface area (Å²) in [5, 5.41) is 16.2. The number of amides is 3. The van der Waals surface area contributed by atoms with Gasteiger partial charge in [-0.1, -0.05) is 13.8 Å². The quantitative estimate of drug-likeness (QED) is 0.515. The van der Waals surface area contributed by atoms with Gasteiger partial charge in [0.05, 0.1) is 16.5 Å². The molecule has 3 amide bonds. The van der Waals surface area contributed by atoms with Crippen LogP contribution in [0.4, 0.5) is 29.3 Å². The number of hydrogen-bond acceptors (Lipinski definition) is 6. The third-order valence-corrected chi connectivity index (χ3v) is 4.99. The highest BCUT2D eigenvalue weighted by molar-refractivity contribution is 5.96. The summed E-state index contributed by atoms with van der Waals surface area (Å²) in [5.74, 6) is -0.240. The van der Waals surface area contributed by atoms with Gasteiger partial charge in [0.1, 0.15) is 5.69 Å². The summed E-state index contributed by atoms with van der Waals surface area (Å²) >= 11 is 0. The molecular formula is C19H26F3N5O4. The summed E-state index contributed by atoms with van der Waals surface area (Å²) in [7, 11) is 0. The Bertz CT molecular complexity index is 823. The minimum Gasteiger partial charge on any atom is -0.363 e. The van der Waals surface area contributed by atoms with Crippen LogP contribution < -0.4 is 15.5 Å². The highest BCUT2D eigenvalue weighted by Gasteiger charge is 2.35. The third kappa shape index (κ3) is 6.54. The van der Waals surface area contributed by atoms with Crippen molar-refractivity contribution in [2.24, 2.45) is 5.92 Å². The number of nitrogens with one attached hydrogen (secondary N) is 2. The number of nitrogens with zero attached hydrogens (tertiary/aromatic N) is 3. The van der Waals surface area contributed by atoms with E-state index in [0.717, 1.165) is 12.1 Å². The van der Waals surface area contributed by atoms with E-state index in [1.54, 1.807) is 16.7 Å². The van der Waals surface area contributed by atoms with E-state index in [2.05, 4.69) is 10.6 Å². The van der Waals surface area contributed by atoms with Gasteiger partial charge in [-0.25, -0.2) is 4.79 Å². The fraction of sp³-hybridized carbons (Fsp3) is 0.579. The molecular weight excluding hydrogens is 419 g/mol. The van der Waals surface area contributed by atoms with Crippen LogP contribution >= 0.6 is 0 Å². The Labute approximate surface area is 177 Å².